The van der Waals surface area contributed by atoms with E-state index in [0.29, 0.717) is 18.7 Å². The first-order valence-electron chi connectivity index (χ1n) is 6.46. The van der Waals surface area contributed by atoms with Gasteiger partial charge in [0.2, 0.25) is 0 Å². The number of carbonyl (C=O) groups excluding carboxylic acids is 1. The normalized spacial score (nSPS) is 17.8. The number of nitriles is 1. The molecule has 0 spiro atoms. The summed E-state index contributed by atoms with van der Waals surface area (Å²) in [6.45, 7) is 6.65. The van der Waals surface area contributed by atoms with Crippen molar-refractivity contribution in [2.24, 2.45) is 0 Å². The number of carbonyl (C=O) groups is 1. The second kappa shape index (κ2) is 5.81. The first kappa shape index (κ1) is 13.5. The second-order valence-corrected chi connectivity index (χ2v) is 4.88. The van der Waals surface area contributed by atoms with Crippen molar-refractivity contribution in [3.63, 3.8) is 0 Å². The number of hydrogen-bond acceptors (Lipinski definition) is 4. The van der Waals surface area contributed by atoms with Crippen LogP contribution in [0.4, 0.5) is 0 Å². The second-order valence-electron chi connectivity index (χ2n) is 4.88. The maximum absolute atomic E-state index is 12.3. The minimum absolute atomic E-state index is 0.0282. The van der Waals surface area contributed by atoms with Crippen molar-refractivity contribution in [1.29, 1.82) is 5.26 Å². The standard InChI is InChI=1S/C14H18N4O/c1-11-7-13(10-16-9-11)14(19)18-5-3-17(4-6-18)12(2)8-15/h7,9-10,12H,3-6H2,1-2H3. The molecule has 1 aromatic heterocycles. The molecule has 0 bridgehead atoms. The fourth-order valence-corrected chi connectivity index (χ4v) is 2.25. The van der Waals surface area contributed by atoms with Crippen LogP contribution in [-0.4, -0.2) is 52.9 Å². The molecule has 1 saturated heterocycles. The summed E-state index contributed by atoms with van der Waals surface area (Å²) in [4.78, 5) is 20.3. The van der Waals surface area contributed by atoms with Gasteiger partial charge in [0.25, 0.3) is 5.91 Å². The summed E-state index contributed by atoms with van der Waals surface area (Å²) in [6, 6.07) is 4.01. The lowest BCUT2D eigenvalue weighted by Crippen LogP contribution is -2.51. The molecule has 1 amide bonds. The zero-order valence-electron chi connectivity index (χ0n) is 11.3. The Labute approximate surface area is 113 Å². The molecule has 1 aliphatic heterocycles. The van der Waals surface area contributed by atoms with Crippen LogP contribution in [0.25, 0.3) is 0 Å². The third-order valence-corrected chi connectivity index (χ3v) is 3.46. The molecule has 1 atom stereocenters. The van der Waals surface area contributed by atoms with Crippen molar-refractivity contribution >= 4 is 5.91 Å². The lowest BCUT2D eigenvalue weighted by atomic mass is 10.1. The number of aromatic nitrogens is 1. The predicted molar refractivity (Wildman–Crippen MR) is 71.5 cm³/mol. The fourth-order valence-electron chi connectivity index (χ4n) is 2.25. The number of rotatable bonds is 2. The van der Waals surface area contributed by atoms with E-state index in [-0.39, 0.29) is 11.9 Å². The summed E-state index contributed by atoms with van der Waals surface area (Å²) < 4.78 is 0. The van der Waals surface area contributed by atoms with Crippen molar-refractivity contribution in [3.8, 4) is 6.07 Å². The van der Waals surface area contributed by atoms with Gasteiger partial charge in [-0.1, -0.05) is 0 Å². The van der Waals surface area contributed by atoms with Crippen molar-refractivity contribution in [1.82, 2.24) is 14.8 Å². The Morgan fingerprint density at radius 3 is 2.63 bits per heavy atom. The Morgan fingerprint density at radius 2 is 2.05 bits per heavy atom. The molecule has 5 heteroatoms. The molecule has 100 valence electrons. The van der Waals surface area contributed by atoms with E-state index in [1.54, 1.807) is 12.4 Å². The Bertz CT molecular complexity index is 500. The van der Waals surface area contributed by atoms with Crippen LogP contribution < -0.4 is 0 Å². The number of amides is 1. The van der Waals surface area contributed by atoms with Gasteiger partial charge in [-0.05, 0) is 25.5 Å². The highest BCUT2D eigenvalue weighted by Crippen LogP contribution is 2.11. The van der Waals surface area contributed by atoms with Crippen LogP contribution in [-0.2, 0) is 0 Å². The minimum Gasteiger partial charge on any atom is -0.336 e. The fraction of sp³-hybridized carbons (Fsp3) is 0.500. The van der Waals surface area contributed by atoms with Gasteiger partial charge in [-0.15, -0.1) is 0 Å². The van der Waals surface area contributed by atoms with Gasteiger partial charge < -0.3 is 4.90 Å². The summed E-state index contributed by atoms with van der Waals surface area (Å²) in [5, 5.41) is 8.89. The molecule has 0 aromatic carbocycles. The van der Waals surface area contributed by atoms with Crippen LogP contribution in [0, 0.1) is 18.3 Å². The molecule has 0 N–H and O–H groups in total. The molecule has 5 nitrogen and oxygen atoms in total. The zero-order valence-corrected chi connectivity index (χ0v) is 11.3. The van der Waals surface area contributed by atoms with Gasteiger partial charge in [0.15, 0.2) is 0 Å². The lowest BCUT2D eigenvalue weighted by molar-refractivity contribution is 0.0615. The third kappa shape index (κ3) is 3.09. The maximum atomic E-state index is 12.3. The Morgan fingerprint density at radius 1 is 1.37 bits per heavy atom. The molecule has 0 saturated carbocycles. The summed E-state index contributed by atoms with van der Waals surface area (Å²) in [7, 11) is 0. The smallest absolute Gasteiger partial charge is 0.255 e. The van der Waals surface area contributed by atoms with Crippen LogP contribution in [0.2, 0.25) is 0 Å². The largest absolute Gasteiger partial charge is 0.336 e. The third-order valence-electron chi connectivity index (χ3n) is 3.46. The molecule has 2 heterocycles. The molecular formula is C14H18N4O. The summed E-state index contributed by atoms with van der Waals surface area (Å²) in [6.07, 6.45) is 3.35. The van der Waals surface area contributed by atoms with Crippen molar-refractivity contribution < 1.29 is 4.79 Å². The van der Waals surface area contributed by atoms with Crippen LogP contribution in [0.1, 0.15) is 22.8 Å². The average Bonchev–Trinajstić information content (AvgIpc) is 2.46. The molecular weight excluding hydrogens is 240 g/mol. The monoisotopic (exact) mass is 258 g/mol. The molecule has 0 aliphatic carbocycles. The minimum atomic E-state index is -0.0853. The van der Waals surface area contributed by atoms with Crippen molar-refractivity contribution in [3.05, 3.63) is 29.6 Å². The molecule has 1 fully saturated rings. The van der Waals surface area contributed by atoms with Gasteiger partial charge in [0.05, 0.1) is 17.7 Å². The number of pyridine rings is 1. The Balaban J connectivity index is 1.98. The summed E-state index contributed by atoms with van der Waals surface area (Å²) >= 11 is 0. The number of aryl methyl sites for hydroxylation is 1. The molecule has 1 unspecified atom stereocenters. The zero-order chi connectivity index (χ0) is 13.8. The van der Waals surface area contributed by atoms with Crippen LogP contribution in [0.3, 0.4) is 0 Å². The van der Waals surface area contributed by atoms with E-state index in [9.17, 15) is 4.79 Å². The van der Waals surface area contributed by atoms with E-state index in [2.05, 4.69) is 16.0 Å². The van der Waals surface area contributed by atoms with Gasteiger partial charge in [-0.3, -0.25) is 14.7 Å². The van der Waals surface area contributed by atoms with Crippen molar-refractivity contribution in [2.75, 3.05) is 26.2 Å². The molecule has 2 rings (SSSR count). The highest BCUT2D eigenvalue weighted by atomic mass is 16.2. The first-order chi connectivity index (χ1) is 9.11. The number of nitrogens with zero attached hydrogens (tertiary/aromatic N) is 4. The van der Waals surface area contributed by atoms with E-state index in [0.717, 1.165) is 18.7 Å². The van der Waals surface area contributed by atoms with E-state index < -0.39 is 0 Å². The molecule has 19 heavy (non-hydrogen) atoms. The highest BCUT2D eigenvalue weighted by molar-refractivity contribution is 5.94. The lowest BCUT2D eigenvalue weighted by Gasteiger charge is -2.35. The van der Waals surface area contributed by atoms with Crippen molar-refractivity contribution in [2.45, 2.75) is 19.9 Å². The van der Waals surface area contributed by atoms with Crippen LogP contribution in [0.5, 0.6) is 0 Å². The van der Waals surface area contributed by atoms with E-state index in [1.165, 1.54) is 0 Å². The predicted octanol–water partition coefficient (Wildman–Crippen LogP) is 1.06. The maximum Gasteiger partial charge on any atom is 0.255 e. The molecule has 0 radical (unpaired) electrons. The quantitative estimate of drug-likeness (QED) is 0.796. The first-order valence-corrected chi connectivity index (χ1v) is 6.46. The van der Waals surface area contributed by atoms with Gasteiger partial charge >= 0.3 is 0 Å². The van der Waals surface area contributed by atoms with Gasteiger partial charge in [0, 0.05) is 38.6 Å². The number of piperazine rings is 1. The van der Waals surface area contributed by atoms with E-state index >= 15 is 0 Å². The Hall–Kier alpha value is -1.93. The van der Waals surface area contributed by atoms with Crippen LogP contribution >= 0.6 is 0 Å². The van der Waals surface area contributed by atoms with Gasteiger partial charge in [-0.25, -0.2) is 0 Å². The molecule has 1 aromatic rings. The molecule has 1 aliphatic rings. The van der Waals surface area contributed by atoms with E-state index in [4.69, 9.17) is 5.26 Å². The van der Waals surface area contributed by atoms with E-state index in [1.807, 2.05) is 24.8 Å². The Kier molecular flexibility index (Phi) is 4.13. The highest BCUT2D eigenvalue weighted by Gasteiger charge is 2.24. The summed E-state index contributed by atoms with van der Waals surface area (Å²) in [5.74, 6) is 0.0282. The van der Waals surface area contributed by atoms with Gasteiger partial charge in [-0.2, -0.15) is 5.26 Å². The van der Waals surface area contributed by atoms with Gasteiger partial charge in [0.1, 0.15) is 0 Å². The summed E-state index contributed by atoms with van der Waals surface area (Å²) in [5.41, 5.74) is 1.63. The SMILES string of the molecule is Cc1cncc(C(=O)N2CCN(C(C)C#N)CC2)c1. The topological polar surface area (TPSA) is 60.2 Å². The number of hydrogen-bond donors (Lipinski definition) is 0. The van der Waals surface area contributed by atoms with Crippen LogP contribution in [0.15, 0.2) is 18.5 Å². The average molecular weight is 258 g/mol.